The van der Waals surface area contributed by atoms with Gasteiger partial charge in [-0.1, -0.05) is 0 Å². The lowest BCUT2D eigenvalue weighted by molar-refractivity contribution is -0.161. The average Bonchev–Trinajstić information content (AvgIpc) is 2.25. The summed E-state index contributed by atoms with van der Waals surface area (Å²) in [5, 5.41) is 1.67. The largest absolute Gasteiger partial charge is 0.495 e. The number of nitrogens with one attached hydrogen (secondary N) is 1. The predicted molar refractivity (Wildman–Crippen MR) is 48.8 cm³/mol. The minimum Gasteiger partial charge on any atom is -0.495 e. The lowest BCUT2D eigenvalue weighted by atomic mass is 10.2. The molecule has 0 aliphatic carbocycles. The summed E-state index contributed by atoms with van der Waals surface area (Å²) in [5.74, 6) is 0.343. The number of ether oxygens (including phenoxy) is 1. The standard InChI is InChI=1S/C9H9F3N2O2/c1-16-6-2-3-7(13-4-6)8(14-5-15)9(10,11)12/h2-5,8H,1H3,(H,14,15). The van der Waals surface area contributed by atoms with Gasteiger partial charge >= 0.3 is 6.18 Å². The second-order valence-electron chi connectivity index (χ2n) is 2.88. The van der Waals surface area contributed by atoms with Gasteiger partial charge in [-0.3, -0.25) is 9.78 Å². The zero-order chi connectivity index (χ0) is 12.2. The fourth-order valence-corrected chi connectivity index (χ4v) is 1.10. The van der Waals surface area contributed by atoms with Crippen molar-refractivity contribution in [3.05, 3.63) is 24.0 Å². The first-order valence-electron chi connectivity index (χ1n) is 4.25. The summed E-state index contributed by atoms with van der Waals surface area (Å²) in [6.45, 7) is 0. The third kappa shape index (κ3) is 2.85. The van der Waals surface area contributed by atoms with Crippen LogP contribution in [0.25, 0.3) is 0 Å². The zero-order valence-electron chi connectivity index (χ0n) is 8.28. The molecule has 1 rings (SSSR count). The average molecular weight is 234 g/mol. The normalized spacial score (nSPS) is 13.0. The molecule has 0 spiro atoms. The number of pyridine rings is 1. The van der Waals surface area contributed by atoms with Crippen molar-refractivity contribution in [3.8, 4) is 5.75 Å². The summed E-state index contributed by atoms with van der Waals surface area (Å²) >= 11 is 0. The molecule has 0 radical (unpaired) electrons. The SMILES string of the molecule is COc1ccc(C(NC=O)C(F)(F)F)nc1. The number of carbonyl (C=O) groups is 1. The van der Waals surface area contributed by atoms with Gasteiger partial charge in [-0.15, -0.1) is 0 Å². The van der Waals surface area contributed by atoms with Gasteiger partial charge in [0.1, 0.15) is 5.75 Å². The molecule has 1 aromatic heterocycles. The van der Waals surface area contributed by atoms with E-state index in [-0.39, 0.29) is 12.1 Å². The Hall–Kier alpha value is -1.79. The Labute approximate surface area is 89.4 Å². The van der Waals surface area contributed by atoms with Gasteiger partial charge in [-0.2, -0.15) is 13.2 Å². The van der Waals surface area contributed by atoms with Gasteiger partial charge in [0.05, 0.1) is 19.0 Å². The Kier molecular flexibility index (Phi) is 3.70. The number of methoxy groups -OCH3 is 1. The van der Waals surface area contributed by atoms with E-state index < -0.39 is 12.2 Å². The summed E-state index contributed by atoms with van der Waals surface area (Å²) in [7, 11) is 1.38. The minimum absolute atomic E-state index is 0.00985. The van der Waals surface area contributed by atoms with Crippen LogP contribution >= 0.6 is 0 Å². The summed E-state index contributed by atoms with van der Waals surface area (Å²) < 4.78 is 42.2. The molecule has 0 aromatic carbocycles. The van der Waals surface area contributed by atoms with Crippen molar-refractivity contribution < 1.29 is 22.7 Å². The van der Waals surface area contributed by atoms with E-state index in [9.17, 15) is 18.0 Å². The summed E-state index contributed by atoms with van der Waals surface area (Å²) in [6.07, 6.45) is -3.44. The lowest BCUT2D eigenvalue weighted by Gasteiger charge is -2.18. The molecular formula is C9H9F3N2O2. The fraction of sp³-hybridized carbons (Fsp3) is 0.333. The summed E-state index contributed by atoms with van der Waals surface area (Å²) in [6, 6.07) is 0.386. The van der Waals surface area contributed by atoms with Crippen LogP contribution < -0.4 is 10.1 Å². The maximum atomic E-state index is 12.5. The lowest BCUT2D eigenvalue weighted by Crippen LogP contribution is -2.33. The summed E-state index contributed by atoms with van der Waals surface area (Å²) in [4.78, 5) is 13.7. The molecule has 4 nitrogen and oxygen atoms in total. The number of nitrogens with zero attached hydrogens (tertiary/aromatic N) is 1. The van der Waals surface area contributed by atoms with E-state index >= 15 is 0 Å². The number of halogens is 3. The molecule has 0 fully saturated rings. The number of alkyl halides is 3. The molecule has 1 heterocycles. The molecule has 88 valence electrons. The smallest absolute Gasteiger partial charge is 0.414 e. The van der Waals surface area contributed by atoms with Gasteiger partial charge in [0.2, 0.25) is 6.41 Å². The van der Waals surface area contributed by atoms with Crippen LogP contribution in [0, 0.1) is 0 Å². The Balaban J connectivity index is 2.97. The summed E-state index contributed by atoms with van der Waals surface area (Å²) in [5.41, 5.74) is -0.291. The Morgan fingerprint density at radius 1 is 1.50 bits per heavy atom. The van der Waals surface area contributed by atoms with Gasteiger partial charge in [0.25, 0.3) is 0 Å². The van der Waals surface area contributed by atoms with E-state index in [1.165, 1.54) is 13.2 Å². The molecule has 7 heteroatoms. The molecule has 0 saturated carbocycles. The highest BCUT2D eigenvalue weighted by atomic mass is 19.4. The fourth-order valence-electron chi connectivity index (χ4n) is 1.10. The van der Waals surface area contributed by atoms with Gasteiger partial charge < -0.3 is 10.1 Å². The van der Waals surface area contributed by atoms with Crippen LogP contribution in [0.5, 0.6) is 5.75 Å². The van der Waals surface area contributed by atoms with Crippen LogP contribution in [-0.2, 0) is 4.79 Å². The number of hydrogen-bond acceptors (Lipinski definition) is 3. The number of amides is 1. The third-order valence-electron chi connectivity index (χ3n) is 1.85. The van der Waals surface area contributed by atoms with Crippen molar-refractivity contribution in [3.63, 3.8) is 0 Å². The van der Waals surface area contributed by atoms with Crippen LogP contribution in [0.3, 0.4) is 0 Å². The van der Waals surface area contributed by atoms with E-state index in [1.807, 2.05) is 0 Å². The van der Waals surface area contributed by atoms with Crippen molar-refractivity contribution in [2.75, 3.05) is 7.11 Å². The van der Waals surface area contributed by atoms with E-state index in [2.05, 4.69) is 4.98 Å². The van der Waals surface area contributed by atoms with Gasteiger partial charge in [-0.25, -0.2) is 0 Å². The van der Waals surface area contributed by atoms with Crippen LogP contribution in [0.2, 0.25) is 0 Å². The molecule has 0 bridgehead atoms. The molecule has 1 N–H and O–H groups in total. The first kappa shape index (κ1) is 12.3. The van der Waals surface area contributed by atoms with Crippen molar-refractivity contribution in [2.24, 2.45) is 0 Å². The van der Waals surface area contributed by atoms with Gasteiger partial charge in [0, 0.05) is 0 Å². The van der Waals surface area contributed by atoms with E-state index in [0.717, 1.165) is 12.3 Å². The Morgan fingerprint density at radius 2 is 2.19 bits per heavy atom. The van der Waals surface area contributed by atoms with E-state index in [4.69, 9.17) is 4.74 Å². The highest BCUT2D eigenvalue weighted by molar-refractivity contribution is 5.47. The van der Waals surface area contributed by atoms with Crippen LogP contribution in [0.4, 0.5) is 13.2 Å². The van der Waals surface area contributed by atoms with Crippen molar-refractivity contribution >= 4 is 6.41 Å². The maximum absolute atomic E-state index is 12.5. The van der Waals surface area contributed by atoms with Crippen LogP contribution in [-0.4, -0.2) is 24.7 Å². The number of hydrogen-bond donors (Lipinski definition) is 1. The van der Waals surface area contributed by atoms with Crippen molar-refractivity contribution in [1.29, 1.82) is 0 Å². The maximum Gasteiger partial charge on any atom is 0.414 e. The molecule has 0 saturated heterocycles. The predicted octanol–water partition coefficient (Wildman–Crippen LogP) is 1.44. The molecule has 0 aliphatic heterocycles. The first-order valence-corrected chi connectivity index (χ1v) is 4.25. The first-order chi connectivity index (χ1) is 7.49. The molecule has 0 aliphatic rings. The van der Waals surface area contributed by atoms with Crippen molar-refractivity contribution in [1.82, 2.24) is 10.3 Å². The Morgan fingerprint density at radius 3 is 2.56 bits per heavy atom. The second kappa shape index (κ2) is 4.82. The molecule has 1 amide bonds. The van der Waals surface area contributed by atoms with E-state index in [0.29, 0.717) is 5.75 Å². The number of aromatic nitrogens is 1. The quantitative estimate of drug-likeness (QED) is 0.802. The highest BCUT2D eigenvalue weighted by Gasteiger charge is 2.41. The topological polar surface area (TPSA) is 51.2 Å². The monoisotopic (exact) mass is 234 g/mol. The van der Waals surface area contributed by atoms with Crippen LogP contribution in [0.15, 0.2) is 18.3 Å². The molecule has 1 aromatic rings. The van der Waals surface area contributed by atoms with Gasteiger partial charge in [0.15, 0.2) is 6.04 Å². The molecule has 1 unspecified atom stereocenters. The third-order valence-corrected chi connectivity index (χ3v) is 1.85. The zero-order valence-corrected chi connectivity index (χ0v) is 8.28. The number of carbonyl (C=O) groups excluding carboxylic acids is 1. The molecule has 16 heavy (non-hydrogen) atoms. The van der Waals surface area contributed by atoms with Gasteiger partial charge in [-0.05, 0) is 12.1 Å². The van der Waals surface area contributed by atoms with Crippen LogP contribution in [0.1, 0.15) is 11.7 Å². The molecule has 1 atom stereocenters. The van der Waals surface area contributed by atoms with E-state index in [1.54, 1.807) is 5.32 Å². The highest BCUT2D eigenvalue weighted by Crippen LogP contribution is 2.31. The number of rotatable bonds is 4. The Bertz CT molecular complexity index is 351. The molecular weight excluding hydrogens is 225 g/mol. The minimum atomic E-state index is -4.58. The second-order valence-corrected chi connectivity index (χ2v) is 2.88. The van der Waals surface area contributed by atoms with Crippen molar-refractivity contribution in [2.45, 2.75) is 12.2 Å².